The van der Waals surface area contributed by atoms with Gasteiger partial charge < -0.3 is 19.3 Å². The molecule has 10 heteroatoms. The Morgan fingerprint density at radius 3 is 2.46 bits per heavy atom. The van der Waals surface area contributed by atoms with Gasteiger partial charge in [-0.25, -0.2) is 9.59 Å². The third-order valence-corrected chi connectivity index (χ3v) is 4.80. The van der Waals surface area contributed by atoms with E-state index in [0.29, 0.717) is 17.3 Å². The Hall–Kier alpha value is -3.01. The van der Waals surface area contributed by atoms with E-state index in [4.69, 9.17) is 14.6 Å². The molecule has 0 saturated carbocycles. The molecule has 2 rings (SSSR count). The second-order valence-corrected chi connectivity index (χ2v) is 6.72. The number of ether oxygens (including phenoxy) is 3. The summed E-state index contributed by atoms with van der Waals surface area (Å²) in [5.74, 6) is -2.17. The summed E-state index contributed by atoms with van der Waals surface area (Å²) in [5, 5.41) is 8.48. The molecule has 1 N–H and O–H groups in total. The van der Waals surface area contributed by atoms with E-state index in [2.05, 4.69) is 4.74 Å². The highest BCUT2D eigenvalue weighted by molar-refractivity contribution is 8.18. The Balaban J connectivity index is 2.42. The van der Waals surface area contributed by atoms with Crippen LogP contribution in [-0.2, 0) is 19.1 Å². The summed E-state index contributed by atoms with van der Waals surface area (Å²) in [7, 11) is 2.56. The lowest BCUT2D eigenvalue weighted by Crippen LogP contribution is -2.42. The van der Waals surface area contributed by atoms with Crippen molar-refractivity contribution >= 4 is 40.9 Å². The quantitative estimate of drug-likeness (QED) is 0.533. The monoisotopic (exact) mass is 409 g/mol. The van der Waals surface area contributed by atoms with Gasteiger partial charge in [0.15, 0.2) is 17.6 Å². The maximum Gasteiger partial charge on any atom is 0.344 e. The van der Waals surface area contributed by atoms with Crippen LogP contribution >= 0.6 is 11.8 Å². The van der Waals surface area contributed by atoms with Crippen molar-refractivity contribution in [1.29, 1.82) is 0 Å². The minimum absolute atomic E-state index is 0.0573. The number of imide groups is 1. The number of thioether (sulfide) groups is 1. The van der Waals surface area contributed by atoms with Gasteiger partial charge in [-0.15, -0.1) is 0 Å². The summed E-state index contributed by atoms with van der Waals surface area (Å²) in [4.78, 5) is 48.5. The number of para-hydroxylation sites is 1. The zero-order valence-electron chi connectivity index (χ0n) is 15.6. The van der Waals surface area contributed by atoms with Gasteiger partial charge in [-0.1, -0.05) is 12.1 Å². The normalized spacial score (nSPS) is 17.4. The van der Waals surface area contributed by atoms with Crippen molar-refractivity contribution in [2.24, 2.45) is 0 Å². The van der Waals surface area contributed by atoms with Crippen molar-refractivity contribution in [1.82, 2.24) is 4.90 Å². The Morgan fingerprint density at radius 1 is 1.21 bits per heavy atom. The molecule has 0 unspecified atom stereocenters. The van der Waals surface area contributed by atoms with Crippen LogP contribution in [0.25, 0.3) is 6.08 Å². The number of carboxylic acid groups (broad SMARTS) is 1. The van der Waals surface area contributed by atoms with E-state index in [9.17, 15) is 19.2 Å². The van der Waals surface area contributed by atoms with Crippen molar-refractivity contribution in [3.05, 3.63) is 28.7 Å². The molecule has 9 nitrogen and oxygen atoms in total. The molecule has 0 radical (unpaired) electrons. The lowest BCUT2D eigenvalue weighted by atomic mass is 10.1. The van der Waals surface area contributed by atoms with E-state index in [1.165, 1.54) is 27.0 Å². The molecule has 1 fully saturated rings. The fourth-order valence-corrected chi connectivity index (χ4v) is 3.29. The van der Waals surface area contributed by atoms with Crippen LogP contribution in [0.15, 0.2) is 23.1 Å². The summed E-state index contributed by atoms with van der Waals surface area (Å²) in [5.41, 5.74) is 0.351. The van der Waals surface area contributed by atoms with Crippen LogP contribution in [0.2, 0.25) is 0 Å². The van der Waals surface area contributed by atoms with E-state index in [1.54, 1.807) is 18.2 Å². The molecule has 2 amide bonds. The summed E-state index contributed by atoms with van der Waals surface area (Å²) in [6.45, 7) is 2.74. The molecule has 1 saturated heterocycles. The Bertz CT molecular complexity index is 850. The lowest BCUT2D eigenvalue weighted by Gasteiger charge is -2.18. The zero-order chi connectivity index (χ0) is 21.0. The minimum Gasteiger partial charge on any atom is -0.493 e. The lowest BCUT2D eigenvalue weighted by molar-refractivity contribution is -0.148. The minimum atomic E-state index is -1.18. The number of aliphatic carboxylic acids is 1. The summed E-state index contributed by atoms with van der Waals surface area (Å²) in [6.07, 6.45) is 0.222. The highest BCUT2D eigenvalue weighted by Gasteiger charge is 2.41. The van der Waals surface area contributed by atoms with Crippen LogP contribution in [0.4, 0.5) is 4.79 Å². The van der Waals surface area contributed by atoms with Gasteiger partial charge in [0, 0.05) is 5.56 Å². The number of esters is 1. The van der Waals surface area contributed by atoms with E-state index in [1.807, 2.05) is 0 Å². The van der Waals surface area contributed by atoms with Gasteiger partial charge in [0.05, 0.1) is 19.1 Å². The van der Waals surface area contributed by atoms with Gasteiger partial charge in [0.2, 0.25) is 0 Å². The van der Waals surface area contributed by atoms with Crippen molar-refractivity contribution in [3.8, 4) is 11.5 Å². The first-order chi connectivity index (χ1) is 13.2. The number of hydrogen-bond donors (Lipinski definition) is 1. The van der Waals surface area contributed by atoms with E-state index < -0.39 is 35.2 Å². The van der Waals surface area contributed by atoms with Gasteiger partial charge in [-0.2, -0.15) is 0 Å². The van der Waals surface area contributed by atoms with Gasteiger partial charge in [-0.05, 0) is 37.8 Å². The van der Waals surface area contributed by atoms with Gasteiger partial charge in [0.25, 0.3) is 11.1 Å². The molecule has 0 spiro atoms. The third kappa shape index (κ3) is 4.28. The first-order valence-corrected chi connectivity index (χ1v) is 8.94. The van der Waals surface area contributed by atoms with Gasteiger partial charge in [-0.3, -0.25) is 14.5 Å². The molecule has 1 aromatic rings. The first kappa shape index (κ1) is 21.3. The van der Waals surface area contributed by atoms with E-state index in [0.717, 1.165) is 12.0 Å². The van der Waals surface area contributed by atoms with Gasteiger partial charge in [0.1, 0.15) is 6.04 Å². The molecular formula is C18H19NO8S. The second-order valence-electron chi connectivity index (χ2n) is 5.73. The third-order valence-electron chi connectivity index (χ3n) is 3.91. The van der Waals surface area contributed by atoms with Crippen LogP contribution in [0, 0.1) is 0 Å². The topological polar surface area (TPSA) is 119 Å². The number of carbonyl (C=O) groups is 4. The second kappa shape index (κ2) is 8.79. The van der Waals surface area contributed by atoms with Crippen LogP contribution in [0.5, 0.6) is 11.5 Å². The predicted molar refractivity (Wildman–Crippen MR) is 100 cm³/mol. The molecule has 0 aromatic heterocycles. The molecule has 150 valence electrons. The molecule has 0 bridgehead atoms. The van der Waals surface area contributed by atoms with Crippen molar-refractivity contribution in [2.45, 2.75) is 26.0 Å². The van der Waals surface area contributed by atoms with Crippen LogP contribution in [0.1, 0.15) is 19.4 Å². The number of nitrogens with zero attached hydrogens (tertiary/aromatic N) is 1. The number of carboxylic acids is 1. The number of benzene rings is 1. The van der Waals surface area contributed by atoms with Crippen LogP contribution in [-0.4, -0.2) is 59.5 Å². The number of carbonyl (C=O) groups excluding carboxylic acids is 3. The Labute approximate surface area is 165 Å². The molecule has 2 atom stereocenters. The van der Waals surface area contributed by atoms with Crippen LogP contribution < -0.4 is 9.47 Å². The van der Waals surface area contributed by atoms with Crippen molar-refractivity contribution < 1.29 is 38.5 Å². The highest BCUT2D eigenvalue weighted by Crippen LogP contribution is 2.38. The largest absolute Gasteiger partial charge is 0.493 e. The molecular weight excluding hydrogens is 390 g/mol. The maximum absolute atomic E-state index is 12.6. The molecule has 1 heterocycles. The Kier molecular flexibility index (Phi) is 6.68. The summed E-state index contributed by atoms with van der Waals surface area (Å²) < 4.78 is 15.3. The van der Waals surface area contributed by atoms with Crippen molar-refractivity contribution in [2.75, 3.05) is 14.2 Å². The van der Waals surface area contributed by atoms with E-state index in [-0.39, 0.29) is 16.4 Å². The zero-order valence-corrected chi connectivity index (χ0v) is 16.4. The number of amides is 2. The maximum atomic E-state index is 12.6. The molecule has 1 aromatic carbocycles. The smallest absolute Gasteiger partial charge is 0.344 e. The number of hydrogen-bond acceptors (Lipinski definition) is 8. The predicted octanol–water partition coefficient (Wildman–Crippen LogP) is 2.14. The number of rotatable bonds is 7. The fraction of sp³-hybridized carbons (Fsp3) is 0.333. The Morgan fingerprint density at radius 2 is 1.89 bits per heavy atom. The van der Waals surface area contributed by atoms with E-state index >= 15 is 0 Å². The molecule has 1 aliphatic heterocycles. The number of methoxy groups -OCH3 is 2. The summed E-state index contributed by atoms with van der Waals surface area (Å²) in [6, 6.07) is 3.72. The molecule has 1 aliphatic rings. The van der Waals surface area contributed by atoms with Crippen molar-refractivity contribution in [3.63, 3.8) is 0 Å². The molecule has 0 aliphatic carbocycles. The average Bonchev–Trinajstić information content (AvgIpc) is 2.94. The first-order valence-electron chi connectivity index (χ1n) is 8.12. The van der Waals surface area contributed by atoms with Crippen LogP contribution in [0.3, 0.4) is 0 Å². The van der Waals surface area contributed by atoms with Gasteiger partial charge >= 0.3 is 11.9 Å². The SMILES string of the molecule is COC(=O)[C@@H](C)N1C(=O)S/C(=C/c2cccc(OC)c2O[C@H](C)C(=O)O)C1=O. The molecule has 28 heavy (non-hydrogen) atoms. The summed E-state index contributed by atoms with van der Waals surface area (Å²) >= 11 is 0.658. The fourth-order valence-electron chi connectivity index (χ4n) is 2.39. The standard InChI is InChI=1S/C18H19NO8S/c1-9(17(23)26-4)19-15(20)13(28-18(19)24)8-11-6-5-7-12(25-3)14(11)27-10(2)16(21)22/h5-10H,1-4H3,(H,21,22)/b13-8+/t9-,10-/m1/s1. The average molecular weight is 409 g/mol. The highest BCUT2D eigenvalue weighted by atomic mass is 32.2.